The van der Waals surface area contributed by atoms with Gasteiger partial charge in [0.15, 0.2) is 11.5 Å². The quantitative estimate of drug-likeness (QED) is 0.482. The van der Waals surface area contributed by atoms with Crippen molar-refractivity contribution in [3.8, 4) is 28.7 Å². The van der Waals surface area contributed by atoms with Gasteiger partial charge in [0, 0.05) is 37.3 Å². The molecule has 0 radical (unpaired) electrons. The van der Waals surface area contributed by atoms with Crippen molar-refractivity contribution in [2.45, 2.75) is 6.42 Å². The van der Waals surface area contributed by atoms with Crippen molar-refractivity contribution in [1.82, 2.24) is 34.8 Å². The smallest absolute Gasteiger partial charge is 0.183 e. The van der Waals surface area contributed by atoms with Crippen LogP contribution in [-0.2, 0) is 7.05 Å². The summed E-state index contributed by atoms with van der Waals surface area (Å²) in [6.45, 7) is 2.84. The minimum atomic E-state index is 0.245. The molecule has 9 nitrogen and oxygen atoms in total. The molecule has 0 bridgehead atoms. The van der Waals surface area contributed by atoms with Gasteiger partial charge in [0.2, 0.25) is 0 Å². The van der Waals surface area contributed by atoms with Crippen molar-refractivity contribution in [3.63, 3.8) is 0 Å². The summed E-state index contributed by atoms with van der Waals surface area (Å²) in [4.78, 5) is 11.8. The van der Waals surface area contributed by atoms with Crippen molar-refractivity contribution in [2.75, 3.05) is 32.0 Å². The van der Waals surface area contributed by atoms with Crippen LogP contribution in [-0.4, -0.2) is 61.5 Å². The minimum absolute atomic E-state index is 0.245. The van der Waals surface area contributed by atoms with E-state index < -0.39 is 0 Å². The lowest BCUT2D eigenvalue weighted by molar-refractivity contribution is 0.399. The highest BCUT2D eigenvalue weighted by atomic mass is 35.5. The van der Waals surface area contributed by atoms with E-state index in [0.717, 1.165) is 42.5 Å². The van der Waals surface area contributed by atoms with E-state index in [0.29, 0.717) is 33.8 Å². The van der Waals surface area contributed by atoms with E-state index in [1.54, 1.807) is 16.9 Å². The number of aryl methyl sites for hydroxylation is 1. The standard InChI is InChI=1S/C22H22ClN9/c1-31-5-3-13(12-31)10-25-22-18(9-24)27-20(21(28-22)17-4-6-32(2)30-17)14-7-15-11-26-29-19(15)16(23)8-14/h4,6-8,11,13H,3,5,10,12H2,1-2H3,(H,25,28)(H,26,29). The first-order valence-corrected chi connectivity index (χ1v) is 10.8. The van der Waals surface area contributed by atoms with Gasteiger partial charge in [-0.1, -0.05) is 11.6 Å². The van der Waals surface area contributed by atoms with Gasteiger partial charge in [-0.3, -0.25) is 9.78 Å². The molecular formula is C22H22ClN9. The normalized spacial score (nSPS) is 16.5. The van der Waals surface area contributed by atoms with Crippen LogP contribution in [0.5, 0.6) is 0 Å². The summed E-state index contributed by atoms with van der Waals surface area (Å²) < 4.78 is 1.71. The minimum Gasteiger partial charge on any atom is -0.367 e. The number of hydrogen-bond acceptors (Lipinski definition) is 7. The monoisotopic (exact) mass is 447 g/mol. The predicted octanol–water partition coefficient (Wildman–Crippen LogP) is 3.31. The number of nitriles is 1. The van der Waals surface area contributed by atoms with Crippen molar-refractivity contribution in [1.29, 1.82) is 5.26 Å². The lowest BCUT2D eigenvalue weighted by Gasteiger charge is -2.15. The summed E-state index contributed by atoms with van der Waals surface area (Å²) in [5.41, 5.74) is 3.56. The highest BCUT2D eigenvalue weighted by molar-refractivity contribution is 6.35. The second-order valence-electron chi connectivity index (χ2n) is 8.19. The average molecular weight is 448 g/mol. The van der Waals surface area contributed by atoms with Crippen LogP contribution in [0.25, 0.3) is 33.5 Å². The molecule has 1 saturated heterocycles. The Bertz CT molecular complexity index is 1330. The van der Waals surface area contributed by atoms with E-state index in [1.807, 2.05) is 25.4 Å². The highest BCUT2D eigenvalue weighted by Gasteiger charge is 2.22. The summed E-state index contributed by atoms with van der Waals surface area (Å²) >= 11 is 6.47. The molecule has 3 aromatic heterocycles. The second kappa shape index (κ2) is 8.22. The fourth-order valence-corrected chi connectivity index (χ4v) is 4.41. The number of aromatic nitrogens is 6. The zero-order chi connectivity index (χ0) is 22.2. The molecule has 1 fully saturated rings. The first-order chi connectivity index (χ1) is 15.5. The topological polar surface area (TPSA) is 111 Å². The number of likely N-dealkylation sites (tertiary alicyclic amines) is 1. The zero-order valence-electron chi connectivity index (χ0n) is 17.8. The van der Waals surface area contributed by atoms with Gasteiger partial charge in [-0.15, -0.1) is 0 Å². The maximum Gasteiger partial charge on any atom is 0.183 e. The summed E-state index contributed by atoms with van der Waals surface area (Å²) in [7, 11) is 3.97. The first kappa shape index (κ1) is 20.4. The van der Waals surface area contributed by atoms with Gasteiger partial charge in [0.25, 0.3) is 0 Å². The summed E-state index contributed by atoms with van der Waals surface area (Å²) in [5.74, 6) is 0.982. The van der Waals surface area contributed by atoms with Crippen molar-refractivity contribution >= 4 is 28.3 Å². The van der Waals surface area contributed by atoms with Crippen molar-refractivity contribution < 1.29 is 0 Å². The first-order valence-electron chi connectivity index (χ1n) is 10.4. The number of nitrogens with zero attached hydrogens (tertiary/aromatic N) is 7. The molecule has 0 spiro atoms. The molecule has 1 aliphatic heterocycles. The van der Waals surface area contributed by atoms with Crippen molar-refractivity contribution in [2.24, 2.45) is 13.0 Å². The van der Waals surface area contributed by atoms with Gasteiger partial charge in [0.1, 0.15) is 23.2 Å². The molecule has 32 heavy (non-hydrogen) atoms. The molecule has 4 aromatic rings. The highest BCUT2D eigenvalue weighted by Crippen LogP contribution is 2.34. The molecule has 1 unspecified atom stereocenters. The largest absolute Gasteiger partial charge is 0.367 e. The molecule has 5 rings (SSSR count). The van der Waals surface area contributed by atoms with Gasteiger partial charge in [0.05, 0.1) is 16.7 Å². The summed E-state index contributed by atoms with van der Waals surface area (Å²) in [5, 5.41) is 26.1. The van der Waals surface area contributed by atoms with Crippen LogP contribution in [0.4, 0.5) is 5.82 Å². The third-order valence-electron chi connectivity index (χ3n) is 5.78. The van der Waals surface area contributed by atoms with Gasteiger partial charge < -0.3 is 10.2 Å². The predicted molar refractivity (Wildman–Crippen MR) is 123 cm³/mol. The lowest BCUT2D eigenvalue weighted by Crippen LogP contribution is -2.20. The number of halogens is 1. The van der Waals surface area contributed by atoms with Crippen LogP contribution in [0, 0.1) is 17.2 Å². The number of H-pyrrole nitrogens is 1. The van der Waals surface area contributed by atoms with E-state index >= 15 is 0 Å². The fourth-order valence-electron chi connectivity index (χ4n) is 4.14. The number of benzene rings is 1. The van der Waals surface area contributed by atoms with E-state index in [1.165, 1.54) is 0 Å². The number of anilines is 1. The fraction of sp³-hybridized carbons (Fsp3) is 0.318. The number of nitrogens with one attached hydrogen (secondary N) is 2. The third kappa shape index (κ3) is 3.79. The van der Waals surface area contributed by atoms with Crippen LogP contribution in [0.1, 0.15) is 12.1 Å². The van der Waals surface area contributed by atoms with Crippen molar-refractivity contribution in [3.05, 3.63) is 41.3 Å². The van der Waals surface area contributed by atoms with Crippen LogP contribution in [0.15, 0.2) is 30.6 Å². The van der Waals surface area contributed by atoms with E-state index in [2.05, 4.69) is 38.6 Å². The molecule has 0 aliphatic carbocycles. The molecule has 162 valence electrons. The molecule has 10 heteroatoms. The summed E-state index contributed by atoms with van der Waals surface area (Å²) in [6.07, 6.45) is 4.68. The number of fused-ring (bicyclic) bond motifs is 1. The Morgan fingerprint density at radius 2 is 2.16 bits per heavy atom. The summed E-state index contributed by atoms with van der Waals surface area (Å²) in [6, 6.07) is 7.82. The molecule has 1 aliphatic rings. The Morgan fingerprint density at radius 3 is 2.88 bits per heavy atom. The molecule has 0 amide bonds. The van der Waals surface area contributed by atoms with Crippen LogP contribution in [0.3, 0.4) is 0 Å². The number of aromatic amines is 1. The van der Waals surface area contributed by atoms with Crippen LogP contribution in [0.2, 0.25) is 5.02 Å². The molecule has 1 atom stereocenters. The Labute approximate surface area is 190 Å². The number of hydrogen-bond donors (Lipinski definition) is 2. The lowest BCUT2D eigenvalue weighted by atomic mass is 10.1. The maximum absolute atomic E-state index is 9.82. The second-order valence-corrected chi connectivity index (χ2v) is 8.60. The third-order valence-corrected chi connectivity index (χ3v) is 6.08. The van der Waals surface area contributed by atoms with Gasteiger partial charge in [-0.05, 0) is 44.1 Å². The molecule has 4 heterocycles. The van der Waals surface area contributed by atoms with Gasteiger partial charge >= 0.3 is 0 Å². The molecule has 0 saturated carbocycles. The Kier molecular flexibility index (Phi) is 5.25. The molecule has 2 N–H and O–H groups in total. The molecule has 1 aromatic carbocycles. The van der Waals surface area contributed by atoms with E-state index in [9.17, 15) is 5.26 Å². The Balaban J connectivity index is 1.61. The average Bonchev–Trinajstić information content (AvgIpc) is 3.53. The van der Waals surface area contributed by atoms with Gasteiger partial charge in [-0.2, -0.15) is 15.5 Å². The number of rotatable bonds is 5. The maximum atomic E-state index is 9.82. The SMILES string of the molecule is CN1CCC(CNc2nc(-c3ccn(C)n3)c(-c3cc(Cl)c4[nH]ncc4c3)nc2C#N)C1. The van der Waals surface area contributed by atoms with E-state index in [-0.39, 0.29) is 5.69 Å². The Morgan fingerprint density at radius 1 is 1.28 bits per heavy atom. The van der Waals surface area contributed by atoms with Crippen LogP contribution < -0.4 is 5.32 Å². The van der Waals surface area contributed by atoms with Gasteiger partial charge in [-0.25, -0.2) is 9.97 Å². The zero-order valence-corrected chi connectivity index (χ0v) is 18.6. The molecular weight excluding hydrogens is 426 g/mol. The van der Waals surface area contributed by atoms with Crippen LogP contribution >= 0.6 is 11.6 Å². The van der Waals surface area contributed by atoms with E-state index in [4.69, 9.17) is 21.6 Å². The Hall–Kier alpha value is -3.48.